The summed E-state index contributed by atoms with van der Waals surface area (Å²) >= 11 is 0. The Morgan fingerprint density at radius 1 is 1.47 bits per heavy atom. The second-order valence-corrected chi connectivity index (χ2v) is 4.67. The molecule has 0 saturated carbocycles. The number of anilines is 2. The number of aromatic nitrogens is 2. The van der Waals surface area contributed by atoms with E-state index in [1.165, 1.54) is 0 Å². The molecule has 0 spiro atoms. The van der Waals surface area contributed by atoms with Crippen molar-refractivity contribution >= 4 is 11.8 Å². The summed E-state index contributed by atoms with van der Waals surface area (Å²) in [5, 5.41) is 0. The Morgan fingerprint density at radius 3 is 3.00 bits per heavy atom. The van der Waals surface area contributed by atoms with Crippen molar-refractivity contribution < 1.29 is 0 Å². The van der Waals surface area contributed by atoms with Crippen LogP contribution in [0.25, 0.3) is 0 Å². The van der Waals surface area contributed by atoms with Gasteiger partial charge in [-0.1, -0.05) is 13.3 Å². The Hall–Kier alpha value is -1.36. The standard InChI is InChI=1S/C12H21N5/c1-2-4-10-7-11(16-12(14)15-10)17-6-3-5-9(13)8-17/h7,9H,2-6,8,13H2,1H3,(H2,14,15,16). The van der Waals surface area contributed by atoms with Crippen LogP contribution in [0.1, 0.15) is 31.9 Å². The van der Waals surface area contributed by atoms with Gasteiger partial charge in [0.2, 0.25) is 5.95 Å². The molecule has 2 rings (SSSR count). The van der Waals surface area contributed by atoms with Crippen molar-refractivity contribution in [2.45, 2.75) is 38.6 Å². The molecule has 1 aromatic heterocycles. The first-order valence-electron chi connectivity index (χ1n) is 6.33. The van der Waals surface area contributed by atoms with Crippen molar-refractivity contribution in [3.63, 3.8) is 0 Å². The van der Waals surface area contributed by atoms with Crippen LogP contribution in [0, 0.1) is 0 Å². The highest BCUT2D eigenvalue weighted by molar-refractivity contribution is 5.44. The number of nitrogens with two attached hydrogens (primary N) is 2. The molecule has 1 aliphatic heterocycles. The Labute approximate surface area is 102 Å². The quantitative estimate of drug-likeness (QED) is 0.815. The van der Waals surface area contributed by atoms with Crippen molar-refractivity contribution in [2.24, 2.45) is 5.73 Å². The van der Waals surface area contributed by atoms with E-state index in [1.807, 2.05) is 6.07 Å². The van der Waals surface area contributed by atoms with E-state index in [4.69, 9.17) is 11.5 Å². The molecule has 0 aromatic carbocycles. The van der Waals surface area contributed by atoms with Gasteiger partial charge < -0.3 is 16.4 Å². The van der Waals surface area contributed by atoms with Crippen LogP contribution in [-0.2, 0) is 6.42 Å². The van der Waals surface area contributed by atoms with Crippen molar-refractivity contribution in [1.82, 2.24) is 9.97 Å². The molecule has 0 amide bonds. The van der Waals surface area contributed by atoms with Gasteiger partial charge >= 0.3 is 0 Å². The van der Waals surface area contributed by atoms with Crippen LogP contribution >= 0.6 is 0 Å². The van der Waals surface area contributed by atoms with Crippen molar-refractivity contribution in [1.29, 1.82) is 0 Å². The monoisotopic (exact) mass is 235 g/mol. The van der Waals surface area contributed by atoms with Crippen LogP contribution in [0.3, 0.4) is 0 Å². The molecular formula is C12H21N5. The van der Waals surface area contributed by atoms with Gasteiger partial charge in [-0.2, -0.15) is 4.98 Å². The summed E-state index contributed by atoms with van der Waals surface area (Å²) in [6.07, 6.45) is 4.22. The highest BCUT2D eigenvalue weighted by Crippen LogP contribution is 2.19. The molecule has 0 radical (unpaired) electrons. The summed E-state index contributed by atoms with van der Waals surface area (Å²) in [5.74, 6) is 1.29. The minimum Gasteiger partial charge on any atom is -0.368 e. The fraction of sp³-hybridized carbons (Fsp3) is 0.667. The number of aryl methyl sites for hydroxylation is 1. The molecule has 1 atom stereocenters. The molecule has 0 bridgehead atoms. The van der Waals surface area contributed by atoms with Gasteiger partial charge in [0.05, 0.1) is 0 Å². The molecular weight excluding hydrogens is 214 g/mol. The SMILES string of the molecule is CCCc1cc(N2CCCC(N)C2)nc(N)n1. The van der Waals surface area contributed by atoms with Crippen LogP contribution in [0.2, 0.25) is 0 Å². The maximum absolute atomic E-state index is 5.98. The van der Waals surface area contributed by atoms with Gasteiger partial charge in [0.25, 0.3) is 0 Å². The van der Waals surface area contributed by atoms with E-state index in [-0.39, 0.29) is 6.04 Å². The normalized spacial score (nSPS) is 20.6. The fourth-order valence-corrected chi connectivity index (χ4v) is 2.27. The molecule has 1 unspecified atom stereocenters. The number of nitrogens with zero attached hydrogens (tertiary/aromatic N) is 3. The second kappa shape index (κ2) is 5.31. The molecule has 94 valence electrons. The lowest BCUT2D eigenvalue weighted by atomic mass is 10.1. The zero-order valence-corrected chi connectivity index (χ0v) is 10.4. The summed E-state index contributed by atoms with van der Waals surface area (Å²) in [6.45, 7) is 4.01. The highest BCUT2D eigenvalue weighted by atomic mass is 15.2. The van der Waals surface area contributed by atoms with Crippen molar-refractivity contribution in [3.8, 4) is 0 Å². The van der Waals surface area contributed by atoms with Gasteiger partial charge in [-0.15, -0.1) is 0 Å². The third-order valence-electron chi connectivity index (χ3n) is 3.07. The Kier molecular flexibility index (Phi) is 3.78. The second-order valence-electron chi connectivity index (χ2n) is 4.67. The van der Waals surface area contributed by atoms with E-state index in [1.54, 1.807) is 0 Å². The van der Waals surface area contributed by atoms with E-state index >= 15 is 0 Å². The maximum atomic E-state index is 5.98. The van der Waals surface area contributed by atoms with Crippen LogP contribution in [-0.4, -0.2) is 29.1 Å². The van der Waals surface area contributed by atoms with Crippen molar-refractivity contribution in [3.05, 3.63) is 11.8 Å². The first kappa shape index (κ1) is 12.1. The van der Waals surface area contributed by atoms with E-state index in [0.717, 1.165) is 50.3 Å². The molecule has 5 nitrogen and oxygen atoms in total. The Balaban J connectivity index is 2.18. The van der Waals surface area contributed by atoms with Crippen LogP contribution in [0.5, 0.6) is 0 Å². The smallest absolute Gasteiger partial charge is 0.222 e. The van der Waals surface area contributed by atoms with Crippen LogP contribution < -0.4 is 16.4 Å². The van der Waals surface area contributed by atoms with E-state index in [2.05, 4.69) is 21.8 Å². The van der Waals surface area contributed by atoms with Gasteiger partial charge in [0.15, 0.2) is 0 Å². The number of piperidine rings is 1. The first-order chi connectivity index (χ1) is 8.19. The molecule has 4 N–H and O–H groups in total. The van der Waals surface area contributed by atoms with Gasteiger partial charge in [-0.05, 0) is 19.3 Å². The number of rotatable bonds is 3. The Morgan fingerprint density at radius 2 is 2.29 bits per heavy atom. The van der Waals surface area contributed by atoms with E-state index < -0.39 is 0 Å². The summed E-state index contributed by atoms with van der Waals surface area (Å²) < 4.78 is 0. The number of nitrogen functional groups attached to an aromatic ring is 1. The molecule has 0 aliphatic carbocycles. The molecule has 1 fully saturated rings. The molecule has 1 saturated heterocycles. The van der Waals surface area contributed by atoms with Crippen LogP contribution in [0.15, 0.2) is 6.07 Å². The highest BCUT2D eigenvalue weighted by Gasteiger charge is 2.18. The molecule has 2 heterocycles. The first-order valence-corrected chi connectivity index (χ1v) is 6.33. The summed E-state index contributed by atoms with van der Waals surface area (Å²) in [7, 11) is 0. The summed E-state index contributed by atoms with van der Waals surface area (Å²) in [5.41, 5.74) is 12.8. The summed E-state index contributed by atoms with van der Waals surface area (Å²) in [6, 6.07) is 2.28. The molecule has 17 heavy (non-hydrogen) atoms. The van der Waals surface area contributed by atoms with Crippen molar-refractivity contribution in [2.75, 3.05) is 23.7 Å². The lowest BCUT2D eigenvalue weighted by molar-refractivity contribution is 0.503. The third kappa shape index (κ3) is 3.06. The average Bonchev–Trinajstić information content (AvgIpc) is 2.28. The third-order valence-corrected chi connectivity index (χ3v) is 3.07. The largest absolute Gasteiger partial charge is 0.368 e. The number of hydrogen-bond donors (Lipinski definition) is 2. The van der Waals surface area contributed by atoms with Crippen LogP contribution in [0.4, 0.5) is 11.8 Å². The van der Waals surface area contributed by atoms with E-state index in [9.17, 15) is 0 Å². The Bertz CT molecular complexity index is 379. The van der Waals surface area contributed by atoms with Gasteiger partial charge in [0, 0.05) is 30.9 Å². The summed E-state index contributed by atoms with van der Waals surface area (Å²) in [4.78, 5) is 10.8. The van der Waals surface area contributed by atoms with E-state index in [0.29, 0.717) is 5.95 Å². The number of hydrogen-bond acceptors (Lipinski definition) is 5. The molecule has 1 aromatic rings. The average molecular weight is 235 g/mol. The molecule has 5 heteroatoms. The lowest BCUT2D eigenvalue weighted by Gasteiger charge is -2.31. The van der Waals surface area contributed by atoms with Gasteiger partial charge in [-0.25, -0.2) is 4.98 Å². The zero-order valence-electron chi connectivity index (χ0n) is 10.4. The minimum absolute atomic E-state index is 0.245. The zero-order chi connectivity index (χ0) is 12.3. The van der Waals surface area contributed by atoms with Gasteiger partial charge in [-0.3, -0.25) is 0 Å². The molecule has 1 aliphatic rings. The minimum atomic E-state index is 0.245. The topological polar surface area (TPSA) is 81.1 Å². The fourth-order valence-electron chi connectivity index (χ4n) is 2.27. The predicted octanol–water partition coefficient (Wildman–Crippen LogP) is 0.939. The predicted molar refractivity (Wildman–Crippen MR) is 69.9 cm³/mol. The maximum Gasteiger partial charge on any atom is 0.222 e. The van der Waals surface area contributed by atoms with Gasteiger partial charge in [0.1, 0.15) is 5.82 Å². The lowest BCUT2D eigenvalue weighted by Crippen LogP contribution is -2.43.